The summed E-state index contributed by atoms with van der Waals surface area (Å²) in [5.41, 5.74) is 5.39. The van der Waals surface area contributed by atoms with Gasteiger partial charge in [0.25, 0.3) is 0 Å². The summed E-state index contributed by atoms with van der Waals surface area (Å²) in [6.45, 7) is 3.90. The van der Waals surface area contributed by atoms with E-state index < -0.39 is 0 Å². The number of benzene rings is 1. The van der Waals surface area contributed by atoms with E-state index in [9.17, 15) is 4.79 Å². The van der Waals surface area contributed by atoms with Gasteiger partial charge in [0.1, 0.15) is 0 Å². The zero-order valence-electron chi connectivity index (χ0n) is 11.9. The molecular formula is C17H15N3O. The summed E-state index contributed by atoms with van der Waals surface area (Å²) >= 11 is 0. The molecule has 3 rings (SSSR count). The molecule has 0 amide bonds. The highest BCUT2D eigenvalue weighted by molar-refractivity contribution is 5.72. The standard InChI is InChI=1S/C17H15N3O/c1-11-6-7-18-10-15(11)13-4-3-5-14(9-13)16-8-12(2)19-17(21)20-16/h3-10H,1-2H3,(H,19,20,21). The fraction of sp³-hybridized carbons (Fsp3) is 0.118. The van der Waals surface area contributed by atoms with Crippen LogP contribution in [0.1, 0.15) is 11.3 Å². The Kier molecular flexibility index (Phi) is 3.36. The predicted molar refractivity (Wildman–Crippen MR) is 83.0 cm³/mol. The molecule has 104 valence electrons. The van der Waals surface area contributed by atoms with E-state index in [1.807, 2.05) is 49.5 Å². The van der Waals surface area contributed by atoms with Crippen molar-refractivity contribution in [3.63, 3.8) is 0 Å². The lowest BCUT2D eigenvalue weighted by atomic mass is 10.00. The van der Waals surface area contributed by atoms with Gasteiger partial charge in [-0.1, -0.05) is 18.2 Å². The number of hydrogen-bond donors (Lipinski definition) is 1. The molecule has 0 atom stereocenters. The van der Waals surface area contributed by atoms with Gasteiger partial charge in [-0.3, -0.25) is 4.98 Å². The fourth-order valence-electron chi connectivity index (χ4n) is 2.34. The fourth-order valence-corrected chi connectivity index (χ4v) is 2.34. The maximum Gasteiger partial charge on any atom is 0.345 e. The molecule has 21 heavy (non-hydrogen) atoms. The second-order valence-electron chi connectivity index (χ2n) is 5.03. The number of nitrogens with zero attached hydrogens (tertiary/aromatic N) is 2. The van der Waals surface area contributed by atoms with Crippen molar-refractivity contribution in [2.75, 3.05) is 0 Å². The molecule has 1 aromatic carbocycles. The molecule has 0 aliphatic rings. The highest BCUT2D eigenvalue weighted by Gasteiger charge is 2.06. The lowest BCUT2D eigenvalue weighted by Crippen LogP contribution is -2.11. The SMILES string of the molecule is Cc1cc(-c2cccc(-c3cnccc3C)c2)nc(=O)[nH]1. The van der Waals surface area contributed by atoms with Gasteiger partial charge >= 0.3 is 5.69 Å². The molecule has 4 nitrogen and oxygen atoms in total. The third kappa shape index (κ3) is 2.74. The van der Waals surface area contributed by atoms with Gasteiger partial charge in [0.05, 0.1) is 5.69 Å². The molecule has 0 bridgehead atoms. The van der Waals surface area contributed by atoms with Crippen molar-refractivity contribution in [2.45, 2.75) is 13.8 Å². The second-order valence-corrected chi connectivity index (χ2v) is 5.03. The van der Waals surface area contributed by atoms with Gasteiger partial charge in [0, 0.05) is 29.2 Å². The van der Waals surface area contributed by atoms with Crippen molar-refractivity contribution in [1.29, 1.82) is 0 Å². The van der Waals surface area contributed by atoms with Gasteiger partial charge in [-0.05, 0) is 43.2 Å². The van der Waals surface area contributed by atoms with Crippen LogP contribution in [0.2, 0.25) is 0 Å². The second kappa shape index (κ2) is 5.32. The van der Waals surface area contributed by atoms with E-state index in [4.69, 9.17) is 0 Å². The molecule has 0 aliphatic carbocycles. The first-order valence-electron chi connectivity index (χ1n) is 6.73. The highest BCUT2D eigenvalue weighted by atomic mass is 16.1. The number of nitrogens with one attached hydrogen (secondary N) is 1. The molecule has 0 fully saturated rings. The minimum atomic E-state index is -0.326. The number of pyridine rings is 1. The van der Waals surface area contributed by atoms with Crippen LogP contribution in [0, 0.1) is 13.8 Å². The van der Waals surface area contributed by atoms with Crippen LogP contribution in [0.3, 0.4) is 0 Å². The average molecular weight is 277 g/mol. The first-order valence-corrected chi connectivity index (χ1v) is 6.73. The lowest BCUT2D eigenvalue weighted by molar-refractivity contribution is 1.03. The van der Waals surface area contributed by atoms with Gasteiger partial charge < -0.3 is 4.98 Å². The Morgan fingerprint density at radius 3 is 2.62 bits per heavy atom. The van der Waals surface area contributed by atoms with E-state index >= 15 is 0 Å². The Labute approximate surface area is 122 Å². The van der Waals surface area contributed by atoms with Crippen molar-refractivity contribution in [1.82, 2.24) is 15.0 Å². The van der Waals surface area contributed by atoms with Crippen LogP contribution in [-0.2, 0) is 0 Å². The molecule has 0 aliphatic heterocycles. The number of hydrogen-bond acceptors (Lipinski definition) is 3. The summed E-state index contributed by atoms with van der Waals surface area (Å²) in [4.78, 5) is 22.4. The van der Waals surface area contributed by atoms with E-state index in [1.165, 1.54) is 0 Å². The maximum absolute atomic E-state index is 11.5. The van der Waals surface area contributed by atoms with Crippen LogP contribution in [0.5, 0.6) is 0 Å². The zero-order valence-corrected chi connectivity index (χ0v) is 11.9. The zero-order chi connectivity index (χ0) is 14.8. The molecule has 2 heterocycles. The summed E-state index contributed by atoms with van der Waals surface area (Å²) in [7, 11) is 0. The van der Waals surface area contributed by atoms with Crippen molar-refractivity contribution < 1.29 is 0 Å². The van der Waals surface area contributed by atoms with Gasteiger partial charge in [-0.25, -0.2) is 4.79 Å². The average Bonchev–Trinajstić information content (AvgIpc) is 2.47. The number of rotatable bonds is 2. The summed E-state index contributed by atoms with van der Waals surface area (Å²) in [6.07, 6.45) is 3.63. The molecule has 4 heteroatoms. The minimum Gasteiger partial charge on any atom is -0.310 e. The molecule has 0 saturated heterocycles. The molecule has 3 aromatic rings. The molecule has 0 saturated carbocycles. The molecule has 2 aromatic heterocycles. The van der Waals surface area contributed by atoms with Crippen LogP contribution >= 0.6 is 0 Å². The molecule has 0 unspecified atom stereocenters. The summed E-state index contributed by atoms with van der Waals surface area (Å²) in [5.74, 6) is 0. The number of aromatic amines is 1. The van der Waals surface area contributed by atoms with Crippen LogP contribution in [-0.4, -0.2) is 15.0 Å². The first-order chi connectivity index (χ1) is 10.1. The van der Waals surface area contributed by atoms with E-state index in [1.54, 1.807) is 6.20 Å². The Hall–Kier alpha value is -2.75. The maximum atomic E-state index is 11.5. The summed E-state index contributed by atoms with van der Waals surface area (Å²) < 4.78 is 0. The molecule has 0 radical (unpaired) electrons. The lowest BCUT2D eigenvalue weighted by Gasteiger charge is -2.07. The first kappa shape index (κ1) is 13.2. The van der Waals surface area contributed by atoms with Crippen LogP contribution in [0.4, 0.5) is 0 Å². The Morgan fingerprint density at radius 2 is 1.86 bits per heavy atom. The number of aryl methyl sites for hydroxylation is 2. The number of H-pyrrole nitrogens is 1. The van der Waals surface area contributed by atoms with Gasteiger partial charge in [0.2, 0.25) is 0 Å². The quantitative estimate of drug-likeness (QED) is 0.783. The predicted octanol–water partition coefficient (Wildman–Crippen LogP) is 3.12. The largest absolute Gasteiger partial charge is 0.345 e. The third-order valence-electron chi connectivity index (χ3n) is 3.39. The van der Waals surface area contributed by atoms with Crippen molar-refractivity contribution in [3.8, 4) is 22.4 Å². The van der Waals surface area contributed by atoms with E-state index in [2.05, 4.69) is 21.9 Å². The molecular weight excluding hydrogens is 262 g/mol. The number of aromatic nitrogens is 3. The smallest absolute Gasteiger partial charge is 0.310 e. The third-order valence-corrected chi connectivity index (χ3v) is 3.39. The summed E-state index contributed by atoms with van der Waals surface area (Å²) in [5, 5.41) is 0. The van der Waals surface area contributed by atoms with Crippen LogP contribution in [0.25, 0.3) is 22.4 Å². The van der Waals surface area contributed by atoms with Crippen molar-refractivity contribution in [2.24, 2.45) is 0 Å². The van der Waals surface area contributed by atoms with Crippen LogP contribution in [0.15, 0.2) is 53.6 Å². The Morgan fingerprint density at radius 1 is 1.05 bits per heavy atom. The van der Waals surface area contributed by atoms with Gasteiger partial charge in [-0.2, -0.15) is 4.98 Å². The monoisotopic (exact) mass is 277 g/mol. The molecule has 0 spiro atoms. The topological polar surface area (TPSA) is 58.6 Å². The highest BCUT2D eigenvalue weighted by Crippen LogP contribution is 2.26. The van der Waals surface area contributed by atoms with Crippen LogP contribution < -0.4 is 5.69 Å². The van der Waals surface area contributed by atoms with Gasteiger partial charge in [0.15, 0.2) is 0 Å². The van der Waals surface area contributed by atoms with Crippen molar-refractivity contribution >= 4 is 0 Å². The molecule has 1 N–H and O–H groups in total. The Bertz CT molecular complexity index is 852. The minimum absolute atomic E-state index is 0.326. The van der Waals surface area contributed by atoms with Crippen molar-refractivity contribution in [3.05, 3.63) is 70.5 Å². The van der Waals surface area contributed by atoms with E-state index in [-0.39, 0.29) is 5.69 Å². The Balaban J connectivity index is 2.12. The summed E-state index contributed by atoms with van der Waals surface area (Å²) in [6, 6.07) is 11.8. The van der Waals surface area contributed by atoms with Gasteiger partial charge in [-0.15, -0.1) is 0 Å². The van der Waals surface area contributed by atoms with E-state index in [0.29, 0.717) is 5.69 Å². The normalized spacial score (nSPS) is 10.6. The van der Waals surface area contributed by atoms with E-state index in [0.717, 1.165) is 27.9 Å².